The number of nitrogens with zero attached hydrogens (tertiary/aromatic N) is 2. The third-order valence-corrected chi connectivity index (χ3v) is 2.81. The van der Waals surface area contributed by atoms with Gasteiger partial charge in [-0.15, -0.1) is 0 Å². The summed E-state index contributed by atoms with van der Waals surface area (Å²) in [6.07, 6.45) is 1.89. The number of rotatable bonds is 0. The Labute approximate surface area is 97.1 Å². The van der Waals surface area contributed by atoms with Crippen LogP contribution in [-0.2, 0) is 7.05 Å². The molecule has 1 heterocycles. The van der Waals surface area contributed by atoms with E-state index in [1.54, 1.807) is 0 Å². The number of aryl methyl sites for hydroxylation is 3. The molecular formula is C14H18N2. The van der Waals surface area contributed by atoms with Crippen LogP contribution in [0.1, 0.15) is 30.5 Å². The molecular weight excluding hydrogens is 196 g/mol. The van der Waals surface area contributed by atoms with E-state index in [0.29, 0.717) is 0 Å². The minimum Gasteiger partial charge on any atom is -0.349 e. The van der Waals surface area contributed by atoms with Crippen molar-refractivity contribution in [2.75, 3.05) is 0 Å². The molecule has 0 radical (unpaired) electrons. The van der Waals surface area contributed by atoms with Crippen LogP contribution < -0.4 is 0 Å². The zero-order chi connectivity index (χ0) is 12.3. The van der Waals surface area contributed by atoms with Gasteiger partial charge < -0.3 is 4.57 Å². The van der Waals surface area contributed by atoms with Crippen LogP contribution in [0.2, 0.25) is 0 Å². The van der Waals surface area contributed by atoms with Crippen molar-refractivity contribution in [3.8, 4) is 6.07 Å². The van der Waals surface area contributed by atoms with E-state index in [0.717, 1.165) is 16.5 Å². The highest BCUT2D eigenvalue weighted by Gasteiger charge is 2.09. The van der Waals surface area contributed by atoms with Crippen LogP contribution in [0.15, 0.2) is 18.3 Å². The summed E-state index contributed by atoms with van der Waals surface area (Å²) in [5.74, 6) is 0. The summed E-state index contributed by atoms with van der Waals surface area (Å²) in [7, 11) is 1.97. The summed E-state index contributed by atoms with van der Waals surface area (Å²) in [6.45, 7) is 8.14. The molecule has 0 atom stereocenters. The van der Waals surface area contributed by atoms with Crippen molar-refractivity contribution in [2.24, 2.45) is 7.05 Å². The van der Waals surface area contributed by atoms with Crippen molar-refractivity contribution < 1.29 is 0 Å². The summed E-state index contributed by atoms with van der Waals surface area (Å²) in [4.78, 5) is 0. The zero-order valence-electron chi connectivity index (χ0n) is 10.6. The van der Waals surface area contributed by atoms with Gasteiger partial charge in [0.25, 0.3) is 0 Å². The average molecular weight is 214 g/mol. The third kappa shape index (κ3) is 1.81. The lowest BCUT2D eigenvalue weighted by molar-refractivity contribution is 0.967. The lowest BCUT2D eigenvalue weighted by Gasteiger charge is -2.02. The van der Waals surface area contributed by atoms with Gasteiger partial charge in [-0.2, -0.15) is 5.26 Å². The molecule has 0 fully saturated rings. The first-order valence-corrected chi connectivity index (χ1v) is 5.60. The summed E-state index contributed by atoms with van der Waals surface area (Å²) in [5.41, 5.74) is 4.34. The SMILES string of the molecule is CC.Cc1ccc2c(c(C#N)cn2C)c1C. The summed E-state index contributed by atoms with van der Waals surface area (Å²) in [5, 5.41) is 10.1. The van der Waals surface area contributed by atoms with Gasteiger partial charge in [-0.25, -0.2) is 0 Å². The molecule has 0 aliphatic heterocycles. The van der Waals surface area contributed by atoms with Crippen LogP contribution in [0.4, 0.5) is 0 Å². The van der Waals surface area contributed by atoms with Gasteiger partial charge in [0, 0.05) is 24.1 Å². The van der Waals surface area contributed by atoms with E-state index in [9.17, 15) is 0 Å². The first kappa shape index (κ1) is 12.3. The van der Waals surface area contributed by atoms with Gasteiger partial charge in [-0.3, -0.25) is 0 Å². The van der Waals surface area contributed by atoms with E-state index in [2.05, 4.69) is 32.0 Å². The third-order valence-electron chi connectivity index (χ3n) is 2.81. The van der Waals surface area contributed by atoms with Gasteiger partial charge >= 0.3 is 0 Å². The standard InChI is InChI=1S/C12H12N2.C2H6/c1-8-4-5-11-12(9(8)2)10(6-13)7-14(11)3;1-2/h4-5,7H,1-3H3;1-2H3. The maximum absolute atomic E-state index is 9.00. The van der Waals surface area contributed by atoms with Crippen LogP contribution in [0.3, 0.4) is 0 Å². The van der Waals surface area contributed by atoms with Crippen LogP contribution in [0.5, 0.6) is 0 Å². The molecule has 0 unspecified atom stereocenters. The molecule has 0 aliphatic carbocycles. The number of nitriles is 1. The lowest BCUT2D eigenvalue weighted by Crippen LogP contribution is -1.86. The van der Waals surface area contributed by atoms with Gasteiger partial charge in [0.1, 0.15) is 6.07 Å². The monoisotopic (exact) mass is 214 g/mol. The van der Waals surface area contributed by atoms with E-state index in [1.807, 2.05) is 31.7 Å². The average Bonchev–Trinajstić information content (AvgIpc) is 2.64. The van der Waals surface area contributed by atoms with E-state index in [4.69, 9.17) is 5.26 Å². The fourth-order valence-corrected chi connectivity index (χ4v) is 1.85. The molecule has 2 heteroatoms. The highest BCUT2D eigenvalue weighted by molar-refractivity contribution is 5.90. The molecule has 0 N–H and O–H groups in total. The smallest absolute Gasteiger partial charge is 0.101 e. The van der Waals surface area contributed by atoms with Crippen LogP contribution in [0, 0.1) is 25.2 Å². The summed E-state index contributed by atoms with van der Waals surface area (Å²) < 4.78 is 2.00. The number of hydrogen-bond acceptors (Lipinski definition) is 1. The molecule has 2 aromatic rings. The maximum Gasteiger partial charge on any atom is 0.101 e. The zero-order valence-corrected chi connectivity index (χ0v) is 10.6. The first-order chi connectivity index (χ1) is 7.65. The second-order valence-corrected chi connectivity index (χ2v) is 3.67. The van der Waals surface area contributed by atoms with Crippen molar-refractivity contribution in [3.05, 3.63) is 35.0 Å². The number of benzene rings is 1. The Morgan fingerprint density at radius 1 is 1.19 bits per heavy atom. The highest BCUT2D eigenvalue weighted by Crippen LogP contribution is 2.25. The van der Waals surface area contributed by atoms with Crippen molar-refractivity contribution in [3.63, 3.8) is 0 Å². The maximum atomic E-state index is 9.00. The summed E-state index contributed by atoms with van der Waals surface area (Å²) in [6, 6.07) is 6.40. The topological polar surface area (TPSA) is 28.7 Å². The lowest BCUT2D eigenvalue weighted by atomic mass is 10.0. The molecule has 0 bridgehead atoms. The molecule has 16 heavy (non-hydrogen) atoms. The Bertz CT molecular complexity index is 542. The van der Waals surface area contributed by atoms with Crippen molar-refractivity contribution >= 4 is 10.9 Å². The molecule has 0 aliphatic rings. The molecule has 84 valence electrons. The first-order valence-electron chi connectivity index (χ1n) is 5.60. The Hall–Kier alpha value is -1.75. The van der Waals surface area contributed by atoms with Crippen molar-refractivity contribution in [2.45, 2.75) is 27.7 Å². The van der Waals surface area contributed by atoms with Crippen LogP contribution in [-0.4, -0.2) is 4.57 Å². The molecule has 0 amide bonds. The van der Waals surface area contributed by atoms with Gasteiger partial charge in [0.05, 0.1) is 5.56 Å². The van der Waals surface area contributed by atoms with Crippen LogP contribution >= 0.6 is 0 Å². The predicted molar refractivity (Wildman–Crippen MR) is 68.5 cm³/mol. The molecule has 0 spiro atoms. The minimum absolute atomic E-state index is 0.767. The number of hydrogen-bond donors (Lipinski definition) is 0. The Morgan fingerprint density at radius 3 is 2.38 bits per heavy atom. The molecule has 1 aromatic heterocycles. The molecule has 2 nitrogen and oxygen atoms in total. The summed E-state index contributed by atoms with van der Waals surface area (Å²) >= 11 is 0. The molecule has 0 saturated carbocycles. The van der Waals surface area contributed by atoms with E-state index < -0.39 is 0 Å². The normalized spacial score (nSPS) is 9.50. The minimum atomic E-state index is 0.767. The fraction of sp³-hybridized carbons (Fsp3) is 0.357. The number of aromatic nitrogens is 1. The van der Waals surface area contributed by atoms with Gasteiger partial charge in [-0.05, 0) is 31.0 Å². The Morgan fingerprint density at radius 2 is 1.81 bits per heavy atom. The van der Waals surface area contributed by atoms with E-state index in [1.165, 1.54) is 11.1 Å². The number of fused-ring (bicyclic) bond motifs is 1. The van der Waals surface area contributed by atoms with Gasteiger partial charge in [0.2, 0.25) is 0 Å². The molecule has 2 rings (SSSR count). The molecule has 1 aromatic carbocycles. The predicted octanol–water partition coefficient (Wildman–Crippen LogP) is 3.69. The van der Waals surface area contributed by atoms with Crippen LogP contribution in [0.25, 0.3) is 10.9 Å². The largest absolute Gasteiger partial charge is 0.349 e. The van der Waals surface area contributed by atoms with Crippen molar-refractivity contribution in [1.82, 2.24) is 4.57 Å². The van der Waals surface area contributed by atoms with Gasteiger partial charge in [0.15, 0.2) is 0 Å². The second-order valence-electron chi connectivity index (χ2n) is 3.67. The highest BCUT2D eigenvalue weighted by atomic mass is 14.9. The van der Waals surface area contributed by atoms with E-state index in [-0.39, 0.29) is 0 Å². The van der Waals surface area contributed by atoms with Gasteiger partial charge in [-0.1, -0.05) is 19.9 Å². The Balaban J connectivity index is 0.000000606. The van der Waals surface area contributed by atoms with Crippen molar-refractivity contribution in [1.29, 1.82) is 5.26 Å². The van der Waals surface area contributed by atoms with E-state index >= 15 is 0 Å². The second kappa shape index (κ2) is 4.85. The Kier molecular flexibility index (Phi) is 3.73. The fourth-order valence-electron chi connectivity index (χ4n) is 1.85. The molecule has 0 saturated heterocycles. The quantitative estimate of drug-likeness (QED) is 0.657.